The first-order valence-corrected chi connectivity index (χ1v) is 3.86. The van der Waals surface area contributed by atoms with Crippen LogP contribution in [0.2, 0.25) is 0 Å². The van der Waals surface area contributed by atoms with E-state index in [1.165, 1.54) is 0 Å². The zero-order valence-electron chi connectivity index (χ0n) is 6.53. The van der Waals surface area contributed by atoms with Gasteiger partial charge in [-0.2, -0.15) is 0 Å². The zero-order chi connectivity index (χ0) is 8.10. The Morgan fingerprint density at radius 1 is 1.18 bits per heavy atom. The Balaban J connectivity index is 2.18. The van der Waals surface area contributed by atoms with Gasteiger partial charge in [-0.25, -0.2) is 5.11 Å². The minimum Gasteiger partial charge on any atom is -0.343 e. The molecule has 1 amide bonds. The van der Waals surface area contributed by atoms with Gasteiger partial charge < -0.3 is 4.90 Å². The molecule has 1 heterocycles. The average molecular weight is 157 g/mol. The Labute approximate surface area is 66.4 Å². The number of hydrogen-bond acceptors (Lipinski definition) is 2. The summed E-state index contributed by atoms with van der Waals surface area (Å²) in [6.07, 6.45) is 0.870. The predicted octanol–water partition coefficient (Wildman–Crippen LogP) is -0.809. The fourth-order valence-corrected chi connectivity index (χ4v) is 1.22. The lowest BCUT2D eigenvalue weighted by molar-refractivity contribution is -0.119. The first-order chi connectivity index (χ1) is 5.36. The van der Waals surface area contributed by atoms with E-state index in [-0.39, 0.29) is 6.61 Å². The molecule has 0 atom stereocenters. The van der Waals surface area contributed by atoms with E-state index in [0.717, 1.165) is 32.6 Å². The smallest absolute Gasteiger partial charge is 0.209 e. The van der Waals surface area contributed by atoms with E-state index < -0.39 is 0 Å². The molecule has 1 aliphatic heterocycles. The van der Waals surface area contributed by atoms with Crippen LogP contribution in [-0.2, 0) is 9.90 Å². The Bertz CT molecular complexity index is 122. The molecule has 1 aliphatic rings. The molecule has 0 unspecified atom stereocenters. The fraction of sp³-hybridized carbons (Fsp3) is 0.857. The third kappa shape index (κ3) is 2.48. The third-order valence-electron chi connectivity index (χ3n) is 1.96. The number of rotatable bonds is 3. The van der Waals surface area contributed by atoms with Crippen molar-refractivity contribution in [2.75, 3.05) is 39.3 Å². The van der Waals surface area contributed by atoms with Gasteiger partial charge >= 0.3 is 0 Å². The van der Waals surface area contributed by atoms with Crippen molar-refractivity contribution in [1.82, 2.24) is 9.80 Å². The molecule has 4 heteroatoms. The Kier molecular flexibility index (Phi) is 3.32. The number of nitrogens with zero attached hydrogens (tertiary/aromatic N) is 2. The van der Waals surface area contributed by atoms with Gasteiger partial charge in [0.05, 0.1) is 6.61 Å². The molecule has 1 saturated heterocycles. The van der Waals surface area contributed by atoms with Crippen molar-refractivity contribution in [3.05, 3.63) is 0 Å². The molecule has 0 saturated carbocycles. The zero-order valence-corrected chi connectivity index (χ0v) is 6.53. The SMILES string of the molecule is [O]CCN1CCN(C=O)CC1. The van der Waals surface area contributed by atoms with Gasteiger partial charge in [0.25, 0.3) is 0 Å². The summed E-state index contributed by atoms with van der Waals surface area (Å²) in [5.41, 5.74) is 0. The highest BCUT2D eigenvalue weighted by Gasteiger charge is 2.13. The topological polar surface area (TPSA) is 43.5 Å². The monoisotopic (exact) mass is 157 g/mol. The van der Waals surface area contributed by atoms with Gasteiger partial charge in [0.15, 0.2) is 0 Å². The fourth-order valence-electron chi connectivity index (χ4n) is 1.22. The molecule has 0 aromatic rings. The molecule has 1 radical (unpaired) electrons. The second kappa shape index (κ2) is 4.31. The van der Waals surface area contributed by atoms with Gasteiger partial charge in [0.2, 0.25) is 6.41 Å². The Morgan fingerprint density at radius 2 is 1.82 bits per heavy atom. The molecule has 0 aliphatic carbocycles. The van der Waals surface area contributed by atoms with Gasteiger partial charge in [0.1, 0.15) is 0 Å². The largest absolute Gasteiger partial charge is 0.343 e. The van der Waals surface area contributed by atoms with Crippen LogP contribution in [0.1, 0.15) is 0 Å². The molecule has 0 aromatic carbocycles. The van der Waals surface area contributed by atoms with Crippen LogP contribution in [0.3, 0.4) is 0 Å². The van der Waals surface area contributed by atoms with Crippen molar-refractivity contribution in [3.63, 3.8) is 0 Å². The number of carbonyl (C=O) groups excluding carboxylic acids is 1. The van der Waals surface area contributed by atoms with Crippen LogP contribution in [0.4, 0.5) is 0 Å². The maximum absolute atomic E-state index is 10.3. The minimum absolute atomic E-state index is 0.0406. The normalized spacial score (nSPS) is 20.3. The van der Waals surface area contributed by atoms with Crippen molar-refractivity contribution < 1.29 is 9.90 Å². The van der Waals surface area contributed by atoms with Gasteiger partial charge in [-0.1, -0.05) is 0 Å². The summed E-state index contributed by atoms with van der Waals surface area (Å²) >= 11 is 0. The highest BCUT2D eigenvalue weighted by Crippen LogP contribution is 1.97. The first-order valence-electron chi connectivity index (χ1n) is 3.86. The molecular formula is C7H13N2O2. The molecule has 11 heavy (non-hydrogen) atoms. The molecule has 0 bridgehead atoms. The lowest BCUT2D eigenvalue weighted by Crippen LogP contribution is -2.46. The summed E-state index contributed by atoms with van der Waals surface area (Å²) < 4.78 is 0. The standard InChI is InChI=1S/C7H13N2O2/c10-6-5-8-1-3-9(7-11)4-2-8/h7H,1-6H2. The van der Waals surface area contributed by atoms with E-state index in [2.05, 4.69) is 4.90 Å². The maximum atomic E-state index is 10.3. The number of hydrogen-bond donors (Lipinski definition) is 0. The molecule has 0 spiro atoms. The number of carbonyl (C=O) groups is 1. The summed E-state index contributed by atoms with van der Waals surface area (Å²) in [6.45, 7) is 3.81. The van der Waals surface area contributed by atoms with E-state index in [1.54, 1.807) is 4.90 Å². The minimum atomic E-state index is -0.0406. The van der Waals surface area contributed by atoms with Gasteiger partial charge in [0, 0.05) is 32.7 Å². The van der Waals surface area contributed by atoms with Crippen molar-refractivity contribution in [2.24, 2.45) is 0 Å². The van der Waals surface area contributed by atoms with Crippen molar-refractivity contribution in [3.8, 4) is 0 Å². The number of amides is 1. The molecule has 1 fully saturated rings. The van der Waals surface area contributed by atoms with Crippen LogP contribution in [0.15, 0.2) is 0 Å². The molecule has 1 rings (SSSR count). The van der Waals surface area contributed by atoms with Crippen LogP contribution >= 0.6 is 0 Å². The quantitative estimate of drug-likeness (QED) is 0.503. The lowest BCUT2D eigenvalue weighted by Gasteiger charge is -2.31. The van der Waals surface area contributed by atoms with Crippen LogP contribution in [-0.4, -0.2) is 55.5 Å². The third-order valence-corrected chi connectivity index (χ3v) is 1.96. The average Bonchev–Trinajstić information content (AvgIpc) is 2.07. The highest BCUT2D eigenvalue weighted by atomic mass is 16.3. The first kappa shape index (κ1) is 8.49. The highest BCUT2D eigenvalue weighted by molar-refractivity contribution is 5.47. The van der Waals surface area contributed by atoms with Crippen molar-refractivity contribution in [1.29, 1.82) is 0 Å². The van der Waals surface area contributed by atoms with E-state index in [9.17, 15) is 9.90 Å². The van der Waals surface area contributed by atoms with Crippen LogP contribution in [0, 0.1) is 0 Å². The second-order valence-corrected chi connectivity index (χ2v) is 2.69. The van der Waals surface area contributed by atoms with Crippen molar-refractivity contribution in [2.45, 2.75) is 0 Å². The molecular weight excluding hydrogens is 144 g/mol. The lowest BCUT2D eigenvalue weighted by atomic mass is 10.3. The Morgan fingerprint density at radius 3 is 2.27 bits per heavy atom. The van der Waals surface area contributed by atoms with E-state index in [4.69, 9.17) is 0 Å². The van der Waals surface area contributed by atoms with E-state index >= 15 is 0 Å². The van der Waals surface area contributed by atoms with Crippen molar-refractivity contribution >= 4 is 6.41 Å². The summed E-state index contributed by atoms with van der Waals surface area (Å²) in [6, 6.07) is 0. The Hall–Kier alpha value is -0.610. The van der Waals surface area contributed by atoms with E-state index in [1.807, 2.05) is 0 Å². The van der Waals surface area contributed by atoms with Gasteiger partial charge in [-0.15, -0.1) is 0 Å². The summed E-state index contributed by atoms with van der Waals surface area (Å²) in [7, 11) is 0. The summed E-state index contributed by atoms with van der Waals surface area (Å²) in [4.78, 5) is 14.1. The molecule has 0 aromatic heterocycles. The predicted molar refractivity (Wildman–Crippen MR) is 39.6 cm³/mol. The number of piperazine rings is 1. The van der Waals surface area contributed by atoms with Crippen LogP contribution in [0.25, 0.3) is 0 Å². The summed E-state index contributed by atoms with van der Waals surface area (Å²) in [5, 5.41) is 10.2. The van der Waals surface area contributed by atoms with E-state index in [0.29, 0.717) is 6.54 Å². The molecule has 63 valence electrons. The van der Waals surface area contributed by atoms with Crippen LogP contribution in [0.5, 0.6) is 0 Å². The maximum Gasteiger partial charge on any atom is 0.209 e. The molecule has 4 nitrogen and oxygen atoms in total. The van der Waals surface area contributed by atoms with Crippen LogP contribution < -0.4 is 0 Å². The second-order valence-electron chi connectivity index (χ2n) is 2.69. The van der Waals surface area contributed by atoms with Gasteiger partial charge in [-0.05, 0) is 0 Å². The summed E-state index contributed by atoms with van der Waals surface area (Å²) in [5.74, 6) is 0. The van der Waals surface area contributed by atoms with Gasteiger partial charge in [-0.3, -0.25) is 9.69 Å². The molecule has 0 N–H and O–H groups in total.